The summed E-state index contributed by atoms with van der Waals surface area (Å²) in [6.45, 7) is 5.67. The van der Waals surface area contributed by atoms with Crippen molar-refractivity contribution in [3.63, 3.8) is 0 Å². The van der Waals surface area contributed by atoms with Crippen LogP contribution in [0.2, 0.25) is 0 Å². The Hall–Kier alpha value is 7.79. The molecule has 0 aliphatic heterocycles. The molecule has 0 rings (SSSR count). The lowest BCUT2D eigenvalue weighted by molar-refractivity contribution is 0.162. The summed E-state index contributed by atoms with van der Waals surface area (Å²) in [5.74, 6) is 0. The zero-order valence-corrected chi connectivity index (χ0v) is 39.6. The first-order valence-electron chi connectivity index (χ1n) is 7.88. The monoisotopic (exact) mass is 1140 g/mol. The van der Waals surface area contributed by atoms with Crippen molar-refractivity contribution in [3.05, 3.63) is 0 Å². The van der Waals surface area contributed by atoms with Crippen molar-refractivity contribution in [3.8, 4) is 0 Å². The van der Waals surface area contributed by atoms with Crippen molar-refractivity contribution in [2.24, 2.45) is 0 Å². The molecule has 0 radical (unpaired) electrons. The van der Waals surface area contributed by atoms with Crippen molar-refractivity contribution >= 4 is 313 Å². The third-order valence-corrected chi connectivity index (χ3v) is 0.408. The maximum absolute atomic E-state index is 4.83. The number of hydrogen-bond donors (Lipinski definition) is 0. The first-order valence-corrected chi connectivity index (χ1v) is 19.7. The highest BCUT2D eigenvalue weighted by Crippen LogP contribution is 2.06. The van der Waals surface area contributed by atoms with E-state index < -0.39 is 38.7 Å². The van der Waals surface area contributed by atoms with Crippen molar-refractivity contribution in [1.82, 2.24) is 0 Å². The van der Waals surface area contributed by atoms with E-state index in [0.29, 0.717) is 0 Å². The predicted octanol–water partition coefficient (Wildman–Crippen LogP) is 18.9. The summed E-state index contributed by atoms with van der Waals surface area (Å²) in [6, 6.07) is 0. The average molecular weight is 1150 g/mol. The Morgan fingerprint density at radius 2 is 0.293 bits per heavy atom. The van der Waals surface area contributed by atoms with Crippen LogP contribution >= 0.6 is 313 Å². The van der Waals surface area contributed by atoms with Gasteiger partial charge in [0.1, 0.15) is 0 Å². The summed E-state index contributed by atoms with van der Waals surface area (Å²) in [7, 11) is 0. The fourth-order valence-corrected chi connectivity index (χ4v) is 0.204. The zero-order chi connectivity index (χ0) is 36.3. The van der Waals surface area contributed by atoms with Gasteiger partial charge in [-0.15, -0.1) is 0 Å². The Morgan fingerprint density at radius 3 is 0.293 bits per heavy atom. The maximum Gasteiger partial charge on any atom is 0.180 e. The normalized spacial score (nSPS) is 8.93. The molecule has 0 aliphatic carbocycles. The molecule has 0 saturated heterocycles. The van der Waals surface area contributed by atoms with Crippen LogP contribution in [0.5, 0.6) is 0 Å². The second-order valence-corrected chi connectivity index (χ2v) is 20.8. The summed E-state index contributed by atoms with van der Waals surface area (Å²) >= 11 is 130. The number of ether oxygens (including phenoxy) is 1. The van der Waals surface area contributed by atoms with Gasteiger partial charge in [-0.05, 0) is 13.8 Å². The van der Waals surface area contributed by atoms with Gasteiger partial charge in [-0.3, -0.25) is 0 Å². The fourth-order valence-electron chi connectivity index (χ4n) is 0.204. The van der Waals surface area contributed by atoms with Gasteiger partial charge in [0.05, 0.1) is 0 Å². The Kier molecular flexibility index (Phi) is 132. The van der Waals surface area contributed by atoms with Crippen molar-refractivity contribution in [2.45, 2.75) is 52.5 Å². The molecule has 0 N–H and O–H groups in total. The second-order valence-electron chi connectivity index (χ2n) is 3.01. The Morgan fingerprint density at radius 1 is 0.244 bits per heavy atom. The van der Waals surface area contributed by atoms with E-state index in [2.05, 4.69) is 0 Å². The molecule has 28 heteroatoms. The number of alkyl halides is 27. The highest BCUT2D eigenvalue weighted by molar-refractivity contribution is 6.66. The lowest BCUT2D eigenvalue weighted by Gasteiger charge is -1.86. The molecule has 266 valence electrons. The van der Waals surface area contributed by atoms with E-state index in [1.165, 1.54) is 0 Å². The average Bonchev–Trinajstić information content (AvgIpc) is 2.57. The molecule has 0 saturated carbocycles. The van der Waals surface area contributed by atoms with E-state index in [4.69, 9.17) is 318 Å². The molecule has 41 heavy (non-hydrogen) atoms. The topological polar surface area (TPSA) is 9.23 Å². The summed E-state index contributed by atoms with van der Waals surface area (Å²) in [6.07, 6.45) is 0. The molecule has 0 aromatic heterocycles. The lowest BCUT2D eigenvalue weighted by atomic mass is 10.8. The molecule has 1 nitrogen and oxygen atoms in total. The number of rotatable bonds is 2. The van der Waals surface area contributed by atoms with E-state index in [1.807, 2.05) is 13.8 Å². The van der Waals surface area contributed by atoms with Crippen LogP contribution in [0.25, 0.3) is 0 Å². The first kappa shape index (κ1) is 74.1. The third-order valence-electron chi connectivity index (χ3n) is 0.408. The molecule has 0 unspecified atom stereocenters. The van der Waals surface area contributed by atoms with Crippen LogP contribution in [-0.4, -0.2) is 51.9 Å². The van der Waals surface area contributed by atoms with Crippen LogP contribution in [0.1, 0.15) is 13.8 Å². The molecule has 0 spiro atoms. The van der Waals surface area contributed by atoms with Gasteiger partial charge in [0.15, 0.2) is 38.7 Å². The quantitative estimate of drug-likeness (QED) is 0.250. The van der Waals surface area contributed by atoms with E-state index >= 15 is 0 Å². The number of hydrogen-bond acceptors (Lipinski definition) is 1. The molecule has 0 atom stereocenters. The zero-order valence-electron chi connectivity index (χ0n) is 19.2. The highest BCUT2D eigenvalue weighted by atomic mass is 35.6. The van der Waals surface area contributed by atoms with Crippen molar-refractivity contribution in [2.75, 3.05) is 13.2 Å². The van der Waals surface area contributed by atoms with Gasteiger partial charge >= 0.3 is 0 Å². The molecule has 0 aromatic carbocycles. The van der Waals surface area contributed by atoms with E-state index in [0.717, 1.165) is 13.2 Å². The molecule has 0 heterocycles. The van der Waals surface area contributed by atoms with Crippen molar-refractivity contribution < 1.29 is 4.74 Å². The molecule has 0 amide bonds. The van der Waals surface area contributed by atoms with Crippen molar-refractivity contribution in [1.29, 1.82) is 0 Å². The van der Waals surface area contributed by atoms with Gasteiger partial charge in [-0.1, -0.05) is 313 Å². The highest BCUT2D eigenvalue weighted by Gasteiger charge is 1.81. The van der Waals surface area contributed by atoms with Gasteiger partial charge < -0.3 is 4.74 Å². The number of halogens is 27. The second kappa shape index (κ2) is 73.3. The van der Waals surface area contributed by atoms with Crippen LogP contribution in [-0.2, 0) is 4.74 Å². The van der Waals surface area contributed by atoms with Crippen LogP contribution in [0.3, 0.4) is 0 Å². The van der Waals surface area contributed by atoms with E-state index in [1.54, 1.807) is 0 Å². The Labute approximate surface area is 377 Å². The standard InChI is InChI=1S/C4H10O.9CHCl3/c1-3-5-4-2;9*2-1(3)4/h3-4H2,1-2H3;9*1H. The van der Waals surface area contributed by atoms with E-state index in [9.17, 15) is 0 Å². The Balaban J connectivity index is -0.0000000326. The third kappa shape index (κ3) is 1050. The fraction of sp³-hybridized carbons (Fsp3) is 1.00. The van der Waals surface area contributed by atoms with Gasteiger partial charge in [-0.25, -0.2) is 0 Å². The van der Waals surface area contributed by atoms with Crippen LogP contribution in [0.15, 0.2) is 0 Å². The minimum absolute atomic E-state index is 0.750. The molecular formula is C13H19Cl27O. The smallest absolute Gasteiger partial charge is 0.180 e. The maximum atomic E-state index is 4.83. The van der Waals surface area contributed by atoms with Gasteiger partial charge in [0.25, 0.3) is 0 Å². The summed E-state index contributed by atoms with van der Waals surface area (Å²) in [5, 5.41) is 0. The summed E-state index contributed by atoms with van der Waals surface area (Å²) in [5.41, 5.74) is 0. The van der Waals surface area contributed by atoms with Crippen LogP contribution < -0.4 is 0 Å². The van der Waals surface area contributed by atoms with Crippen LogP contribution in [0.4, 0.5) is 0 Å². The minimum atomic E-state index is -0.750. The summed E-state index contributed by atoms with van der Waals surface area (Å²) in [4.78, 5) is 0. The van der Waals surface area contributed by atoms with Gasteiger partial charge in [0, 0.05) is 13.2 Å². The first-order chi connectivity index (χ1) is 18.0. The molecular weight excluding hydrogens is 1130 g/mol. The molecule has 0 bridgehead atoms. The summed E-state index contributed by atoms with van der Waals surface area (Å²) < 4.78 is -1.92. The van der Waals surface area contributed by atoms with Gasteiger partial charge in [-0.2, -0.15) is 0 Å². The molecule has 0 fully saturated rings. The lowest BCUT2D eigenvalue weighted by Crippen LogP contribution is -1.84. The minimum Gasteiger partial charge on any atom is -0.382 e. The predicted molar refractivity (Wildman–Crippen MR) is 214 cm³/mol. The van der Waals surface area contributed by atoms with Crippen LogP contribution in [0, 0.1) is 0 Å². The van der Waals surface area contributed by atoms with E-state index in [-0.39, 0.29) is 0 Å². The molecule has 0 aromatic rings. The Bertz CT molecular complexity index is 207. The van der Waals surface area contributed by atoms with Gasteiger partial charge in [0.2, 0.25) is 0 Å². The largest absolute Gasteiger partial charge is 0.382 e. The SMILES string of the molecule is CCOCC.ClC(Cl)Cl.ClC(Cl)Cl.ClC(Cl)Cl.ClC(Cl)Cl.ClC(Cl)Cl.ClC(Cl)Cl.ClC(Cl)Cl.ClC(Cl)Cl.ClC(Cl)Cl. The molecule has 0 aliphatic rings.